The van der Waals surface area contributed by atoms with E-state index >= 15 is 0 Å². The molecule has 22 heavy (non-hydrogen) atoms. The van der Waals surface area contributed by atoms with Crippen molar-refractivity contribution in [1.82, 2.24) is 5.01 Å². The first-order valence-corrected chi connectivity index (χ1v) is 8.41. The molecule has 2 atom stereocenters. The van der Waals surface area contributed by atoms with E-state index in [1.54, 1.807) is 0 Å². The number of rotatable bonds is 3. The van der Waals surface area contributed by atoms with Gasteiger partial charge in [-0.15, -0.1) is 0 Å². The maximum atomic E-state index is 5.60. The van der Waals surface area contributed by atoms with Gasteiger partial charge in [-0.25, -0.2) is 5.01 Å². The Kier molecular flexibility index (Phi) is 3.45. The molecule has 1 heterocycles. The van der Waals surface area contributed by atoms with Crippen molar-refractivity contribution in [1.29, 1.82) is 0 Å². The van der Waals surface area contributed by atoms with Crippen molar-refractivity contribution in [2.45, 2.75) is 32.2 Å². The normalized spacial score (nSPS) is 24.9. The SMILES string of the molecule is CCOc1ccc2cc(N3CC4CCC(C4)N3C)ccc2c1. The molecule has 0 aromatic heterocycles. The minimum absolute atomic E-state index is 0.713. The highest BCUT2D eigenvalue weighted by Gasteiger charge is 2.36. The molecule has 2 aromatic carbocycles. The lowest BCUT2D eigenvalue weighted by atomic mass is 10.0. The number of anilines is 1. The van der Waals surface area contributed by atoms with Crippen LogP contribution >= 0.6 is 0 Å². The molecule has 0 spiro atoms. The van der Waals surface area contributed by atoms with Crippen molar-refractivity contribution in [2.75, 3.05) is 25.2 Å². The lowest BCUT2D eigenvalue weighted by molar-refractivity contribution is 0.181. The smallest absolute Gasteiger partial charge is 0.119 e. The van der Waals surface area contributed by atoms with Crippen LogP contribution in [0.3, 0.4) is 0 Å². The van der Waals surface area contributed by atoms with Crippen LogP contribution in [0.25, 0.3) is 10.8 Å². The van der Waals surface area contributed by atoms with E-state index in [2.05, 4.69) is 53.5 Å². The largest absolute Gasteiger partial charge is 0.494 e. The molecule has 2 aromatic rings. The number of ether oxygens (including phenoxy) is 1. The third-order valence-electron chi connectivity index (χ3n) is 5.26. The lowest BCUT2D eigenvalue weighted by Crippen LogP contribution is -2.50. The first-order valence-electron chi connectivity index (χ1n) is 8.41. The third-order valence-corrected chi connectivity index (χ3v) is 5.26. The zero-order valence-corrected chi connectivity index (χ0v) is 13.5. The minimum atomic E-state index is 0.713. The molecule has 3 nitrogen and oxygen atoms in total. The van der Waals surface area contributed by atoms with Crippen LogP contribution in [0.1, 0.15) is 26.2 Å². The first-order chi connectivity index (χ1) is 10.7. The molecule has 2 unspecified atom stereocenters. The molecule has 1 aliphatic carbocycles. The van der Waals surface area contributed by atoms with Gasteiger partial charge in [0.05, 0.1) is 12.3 Å². The van der Waals surface area contributed by atoms with Crippen LogP contribution in [-0.4, -0.2) is 31.3 Å². The average Bonchev–Trinajstić information content (AvgIpc) is 2.95. The van der Waals surface area contributed by atoms with E-state index in [0.717, 1.165) is 24.3 Å². The summed E-state index contributed by atoms with van der Waals surface area (Å²) in [5.74, 6) is 1.83. The molecule has 0 radical (unpaired) electrons. The number of hydrogen-bond acceptors (Lipinski definition) is 3. The lowest BCUT2D eigenvalue weighted by Gasteiger charge is -2.42. The Morgan fingerprint density at radius 2 is 1.91 bits per heavy atom. The van der Waals surface area contributed by atoms with Crippen LogP contribution in [0, 0.1) is 5.92 Å². The maximum Gasteiger partial charge on any atom is 0.119 e. The summed E-state index contributed by atoms with van der Waals surface area (Å²) in [7, 11) is 2.24. The van der Waals surface area contributed by atoms with Gasteiger partial charge in [0.15, 0.2) is 0 Å². The van der Waals surface area contributed by atoms with E-state index in [0.29, 0.717) is 6.61 Å². The number of hydrazine groups is 1. The summed E-state index contributed by atoms with van der Waals surface area (Å²) in [6, 6.07) is 13.9. The molecular formula is C19H24N2O. The molecule has 2 aliphatic rings. The Labute approximate surface area is 132 Å². The predicted octanol–water partition coefficient (Wildman–Crippen LogP) is 4.07. The molecule has 3 heteroatoms. The summed E-state index contributed by atoms with van der Waals surface area (Å²) in [6.07, 6.45) is 4.11. The van der Waals surface area contributed by atoms with Gasteiger partial charge in [-0.1, -0.05) is 12.1 Å². The van der Waals surface area contributed by atoms with Gasteiger partial charge in [-0.2, -0.15) is 0 Å². The highest BCUT2D eigenvalue weighted by atomic mass is 16.5. The molecule has 0 amide bonds. The molecule has 0 N–H and O–H groups in total. The fraction of sp³-hybridized carbons (Fsp3) is 0.474. The van der Waals surface area contributed by atoms with Gasteiger partial charge < -0.3 is 9.75 Å². The molecule has 1 aliphatic heterocycles. The fourth-order valence-electron chi connectivity index (χ4n) is 4.04. The second kappa shape index (κ2) is 5.47. The van der Waals surface area contributed by atoms with Gasteiger partial charge in [0, 0.05) is 19.6 Å². The quantitative estimate of drug-likeness (QED) is 0.849. The molecule has 2 bridgehead atoms. The zero-order chi connectivity index (χ0) is 15.1. The molecule has 1 saturated carbocycles. The Balaban J connectivity index is 1.66. The van der Waals surface area contributed by atoms with Gasteiger partial charge in [0.1, 0.15) is 5.75 Å². The van der Waals surface area contributed by atoms with Gasteiger partial charge >= 0.3 is 0 Å². The third kappa shape index (κ3) is 2.34. The second-order valence-corrected chi connectivity index (χ2v) is 6.61. The van der Waals surface area contributed by atoms with Crippen molar-refractivity contribution < 1.29 is 4.74 Å². The second-order valence-electron chi connectivity index (χ2n) is 6.61. The minimum Gasteiger partial charge on any atom is -0.494 e. The maximum absolute atomic E-state index is 5.60. The van der Waals surface area contributed by atoms with Crippen LogP contribution < -0.4 is 9.75 Å². The van der Waals surface area contributed by atoms with Crippen molar-refractivity contribution in [2.24, 2.45) is 5.92 Å². The van der Waals surface area contributed by atoms with Crippen molar-refractivity contribution in [3.8, 4) is 5.75 Å². The highest BCUT2D eigenvalue weighted by Crippen LogP contribution is 2.38. The highest BCUT2D eigenvalue weighted by molar-refractivity contribution is 5.87. The number of fused-ring (bicyclic) bond motifs is 3. The summed E-state index contributed by atoms with van der Waals surface area (Å²) in [6.45, 7) is 3.90. The molecule has 4 rings (SSSR count). The average molecular weight is 296 g/mol. The molecule has 1 saturated heterocycles. The molecule has 116 valence electrons. The van der Waals surface area contributed by atoms with E-state index < -0.39 is 0 Å². The van der Waals surface area contributed by atoms with Crippen molar-refractivity contribution in [3.63, 3.8) is 0 Å². The van der Waals surface area contributed by atoms with Crippen LogP contribution in [-0.2, 0) is 0 Å². The predicted molar refractivity (Wildman–Crippen MR) is 91.4 cm³/mol. The van der Waals surface area contributed by atoms with E-state index in [4.69, 9.17) is 4.74 Å². The van der Waals surface area contributed by atoms with Crippen LogP contribution in [0.2, 0.25) is 0 Å². The Morgan fingerprint density at radius 1 is 1.09 bits per heavy atom. The molecule has 2 fully saturated rings. The fourth-order valence-corrected chi connectivity index (χ4v) is 4.04. The van der Waals surface area contributed by atoms with Crippen molar-refractivity contribution >= 4 is 16.5 Å². The number of benzene rings is 2. The van der Waals surface area contributed by atoms with Crippen molar-refractivity contribution in [3.05, 3.63) is 36.4 Å². The summed E-state index contributed by atoms with van der Waals surface area (Å²) < 4.78 is 5.60. The Morgan fingerprint density at radius 3 is 2.77 bits per heavy atom. The van der Waals surface area contributed by atoms with E-state index in [1.165, 1.54) is 35.7 Å². The summed E-state index contributed by atoms with van der Waals surface area (Å²) in [5.41, 5.74) is 1.32. The Bertz CT molecular complexity index is 684. The molecular weight excluding hydrogens is 272 g/mol. The van der Waals surface area contributed by atoms with Crippen LogP contribution in [0.15, 0.2) is 36.4 Å². The van der Waals surface area contributed by atoms with Gasteiger partial charge in [-0.3, -0.25) is 0 Å². The number of nitrogens with zero attached hydrogens (tertiary/aromatic N) is 2. The standard InChI is InChI=1S/C19H24N2O/c1-3-22-19-9-6-15-11-18(8-5-16(15)12-19)21-13-14-4-7-17(10-14)20(21)2/h5-6,8-9,11-12,14,17H,3-4,7,10,13H2,1-2H3. The van der Waals surface area contributed by atoms with E-state index in [1.807, 2.05) is 6.92 Å². The summed E-state index contributed by atoms with van der Waals surface area (Å²) in [4.78, 5) is 0. The van der Waals surface area contributed by atoms with Gasteiger partial charge in [-0.05, 0) is 67.1 Å². The van der Waals surface area contributed by atoms with E-state index in [-0.39, 0.29) is 0 Å². The monoisotopic (exact) mass is 296 g/mol. The van der Waals surface area contributed by atoms with Gasteiger partial charge in [0.25, 0.3) is 0 Å². The number of hydrogen-bond donors (Lipinski definition) is 0. The van der Waals surface area contributed by atoms with Crippen LogP contribution in [0.5, 0.6) is 5.75 Å². The zero-order valence-electron chi connectivity index (χ0n) is 13.5. The van der Waals surface area contributed by atoms with Crippen LogP contribution in [0.4, 0.5) is 5.69 Å². The van der Waals surface area contributed by atoms with E-state index in [9.17, 15) is 0 Å². The van der Waals surface area contributed by atoms with Gasteiger partial charge in [0.2, 0.25) is 0 Å². The summed E-state index contributed by atoms with van der Waals surface area (Å²) >= 11 is 0. The Hall–Kier alpha value is -1.74. The first kappa shape index (κ1) is 13.9. The summed E-state index contributed by atoms with van der Waals surface area (Å²) in [5, 5.41) is 7.46. The topological polar surface area (TPSA) is 15.7 Å².